The van der Waals surface area contributed by atoms with Gasteiger partial charge in [-0.1, -0.05) is 30.7 Å². The van der Waals surface area contributed by atoms with E-state index in [9.17, 15) is 4.79 Å². The van der Waals surface area contributed by atoms with E-state index in [1.807, 2.05) is 24.3 Å². The van der Waals surface area contributed by atoms with E-state index < -0.39 is 0 Å². The first kappa shape index (κ1) is 14.6. The van der Waals surface area contributed by atoms with Gasteiger partial charge in [-0.15, -0.1) is 0 Å². The molecule has 2 N–H and O–H groups in total. The molecule has 2 rings (SSSR count). The topological polar surface area (TPSA) is 69.1 Å². The maximum absolute atomic E-state index is 10.9. The summed E-state index contributed by atoms with van der Waals surface area (Å²) in [5.41, 5.74) is 6.90. The summed E-state index contributed by atoms with van der Waals surface area (Å²) >= 11 is 5.89. The van der Waals surface area contributed by atoms with Crippen molar-refractivity contribution in [3.8, 4) is 11.3 Å². The zero-order valence-corrected chi connectivity index (χ0v) is 12.1. The summed E-state index contributed by atoms with van der Waals surface area (Å²) in [6.45, 7) is 2.06. The number of rotatable bonds is 6. The van der Waals surface area contributed by atoms with Gasteiger partial charge in [0.25, 0.3) is 0 Å². The summed E-state index contributed by atoms with van der Waals surface area (Å²) in [6, 6.07) is 7.40. The Kier molecular flexibility index (Phi) is 4.79. The fraction of sp³-hybridized carbons (Fsp3) is 0.333. The molecule has 0 spiro atoms. The van der Waals surface area contributed by atoms with E-state index in [0.717, 1.165) is 24.1 Å². The fourth-order valence-electron chi connectivity index (χ4n) is 1.96. The smallest absolute Gasteiger partial charge is 0.217 e. The molecule has 2 aromatic rings. The van der Waals surface area contributed by atoms with E-state index in [4.69, 9.17) is 21.8 Å². The Morgan fingerprint density at radius 3 is 2.60 bits per heavy atom. The van der Waals surface area contributed by atoms with Crippen LogP contribution in [0.15, 0.2) is 28.7 Å². The number of aromatic nitrogens is 1. The summed E-state index contributed by atoms with van der Waals surface area (Å²) in [5, 5.41) is 0.671. The molecule has 1 aromatic heterocycles. The molecule has 0 bridgehead atoms. The third kappa shape index (κ3) is 3.61. The van der Waals surface area contributed by atoms with Crippen molar-refractivity contribution in [2.24, 2.45) is 5.73 Å². The number of benzene rings is 1. The van der Waals surface area contributed by atoms with E-state index in [-0.39, 0.29) is 12.3 Å². The first-order valence-electron chi connectivity index (χ1n) is 6.63. The van der Waals surface area contributed by atoms with Crippen LogP contribution in [0.1, 0.15) is 31.4 Å². The number of halogens is 1. The largest absolute Gasteiger partial charge is 0.445 e. The number of hydrogen-bond acceptors (Lipinski definition) is 3. The number of amides is 1. The molecule has 0 saturated carbocycles. The van der Waals surface area contributed by atoms with Crippen LogP contribution in [-0.4, -0.2) is 10.9 Å². The van der Waals surface area contributed by atoms with Crippen molar-refractivity contribution in [1.29, 1.82) is 0 Å². The molecule has 1 heterocycles. The minimum absolute atomic E-state index is 0.251. The highest BCUT2D eigenvalue weighted by atomic mass is 35.5. The predicted octanol–water partition coefficient (Wildman–Crippen LogP) is 3.37. The van der Waals surface area contributed by atoms with Crippen LogP contribution in [0.2, 0.25) is 5.02 Å². The highest BCUT2D eigenvalue weighted by Gasteiger charge is 2.15. The molecule has 0 aliphatic heterocycles. The van der Waals surface area contributed by atoms with Crippen LogP contribution in [0.3, 0.4) is 0 Å². The number of oxazole rings is 1. The molecule has 20 heavy (non-hydrogen) atoms. The molecule has 0 saturated heterocycles. The molecule has 0 radical (unpaired) electrons. The van der Waals surface area contributed by atoms with E-state index in [0.29, 0.717) is 23.1 Å². The van der Waals surface area contributed by atoms with Gasteiger partial charge in [0.1, 0.15) is 11.5 Å². The molecule has 0 aliphatic rings. The van der Waals surface area contributed by atoms with Gasteiger partial charge in [-0.3, -0.25) is 4.79 Å². The summed E-state index contributed by atoms with van der Waals surface area (Å²) in [4.78, 5) is 15.5. The Morgan fingerprint density at radius 1 is 1.30 bits per heavy atom. The van der Waals surface area contributed by atoms with Crippen molar-refractivity contribution in [2.75, 3.05) is 0 Å². The van der Waals surface area contributed by atoms with Crippen LogP contribution in [0.4, 0.5) is 0 Å². The van der Waals surface area contributed by atoms with Gasteiger partial charge in [0.15, 0.2) is 5.89 Å². The molecular formula is C15H17ClN2O2. The lowest BCUT2D eigenvalue weighted by Crippen LogP contribution is -2.11. The van der Waals surface area contributed by atoms with Crippen LogP contribution in [-0.2, 0) is 17.6 Å². The molecule has 1 amide bonds. The van der Waals surface area contributed by atoms with E-state index in [2.05, 4.69) is 11.9 Å². The average Bonchev–Trinajstić information content (AvgIpc) is 2.81. The number of nitrogens with zero attached hydrogens (tertiary/aromatic N) is 1. The van der Waals surface area contributed by atoms with Crippen molar-refractivity contribution in [2.45, 2.75) is 32.6 Å². The molecule has 4 nitrogen and oxygen atoms in total. The summed E-state index contributed by atoms with van der Waals surface area (Å²) in [7, 11) is 0. The summed E-state index contributed by atoms with van der Waals surface area (Å²) in [6.07, 6.45) is 2.44. The first-order chi connectivity index (χ1) is 9.60. The molecule has 5 heteroatoms. The van der Waals surface area contributed by atoms with Crippen molar-refractivity contribution < 1.29 is 9.21 Å². The van der Waals surface area contributed by atoms with E-state index >= 15 is 0 Å². The van der Waals surface area contributed by atoms with E-state index in [1.165, 1.54) is 0 Å². The van der Waals surface area contributed by atoms with Crippen LogP contribution in [0.25, 0.3) is 11.3 Å². The van der Waals surface area contributed by atoms with E-state index in [1.54, 1.807) is 0 Å². The first-order valence-corrected chi connectivity index (χ1v) is 7.00. The van der Waals surface area contributed by atoms with Crippen LogP contribution < -0.4 is 5.73 Å². The molecule has 0 atom stereocenters. The lowest BCUT2D eigenvalue weighted by molar-refractivity contribution is -0.118. The lowest BCUT2D eigenvalue weighted by Gasteiger charge is -2.00. The van der Waals surface area contributed by atoms with Crippen molar-refractivity contribution in [3.05, 3.63) is 40.9 Å². The molecule has 0 fully saturated rings. The number of aryl methyl sites for hydroxylation is 2. The van der Waals surface area contributed by atoms with Gasteiger partial charge in [-0.05, 0) is 18.6 Å². The number of carbonyl (C=O) groups excluding carboxylic acids is 1. The number of nitrogens with two attached hydrogens (primary N) is 1. The maximum Gasteiger partial charge on any atom is 0.217 e. The third-order valence-electron chi connectivity index (χ3n) is 2.92. The second-order valence-electron chi connectivity index (χ2n) is 4.60. The van der Waals surface area contributed by atoms with Crippen molar-refractivity contribution >= 4 is 17.5 Å². The Hall–Kier alpha value is -1.81. The monoisotopic (exact) mass is 292 g/mol. The Balaban J connectivity index is 2.33. The second kappa shape index (κ2) is 6.57. The zero-order valence-electron chi connectivity index (χ0n) is 11.4. The van der Waals surface area contributed by atoms with Crippen molar-refractivity contribution in [3.63, 3.8) is 0 Å². The van der Waals surface area contributed by atoms with Gasteiger partial charge in [-0.2, -0.15) is 0 Å². The average molecular weight is 293 g/mol. The van der Waals surface area contributed by atoms with Gasteiger partial charge in [0, 0.05) is 29.8 Å². The predicted molar refractivity (Wildman–Crippen MR) is 78.5 cm³/mol. The maximum atomic E-state index is 10.9. The number of primary amides is 1. The minimum Gasteiger partial charge on any atom is -0.445 e. The summed E-state index contributed by atoms with van der Waals surface area (Å²) in [5.74, 6) is 1.05. The zero-order chi connectivity index (χ0) is 14.5. The van der Waals surface area contributed by atoms with Gasteiger partial charge in [0.05, 0.1) is 0 Å². The molecule has 106 valence electrons. The Bertz CT molecular complexity index is 590. The fourth-order valence-corrected chi connectivity index (χ4v) is 2.09. The number of hydrogen-bond donors (Lipinski definition) is 1. The highest BCUT2D eigenvalue weighted by molar-refractivity contribution is 6.30. The molecule has 0 aliphatic carbocycles. The molecule has 0 unspecified atom stereocenters. The quantitative estimate of drug-likeness (QED) is 0.887. The Morgan fingerprint density at radius 2 is 2.00 bits per heavy atom. The normalized spacial score (nSPS) is 10.7. The van der Waals surface area contributed by atoms with Crippen LogP contribution in [0.5, 0.6) is 0 Å². The van der Waals surface area contributed by atoms with Gasteiger partial charge in [0.2, 0.25) is 5.91 Å². The Labute approximate surface area is 122 Å². The number of carbonyl (C=O) groups is 1. The third-order valence-corrected chi connectivity index (χ3v) is 3.17. The van der Waals surface area contributed by atoms with Gasteiger partial charge >= 0.3 is 0 Å². The van der Waals surface area contributed by atoms with Crippen LogP contribution in [0, 0.1) is 0 Å². The van der Waals surface area contributed by atoms with Crippen molar-refractivity contribution in [1.82, 2.24) is 4.98 Å². The van der Waals surface area contributed by atoms with Gasteiger partial charge < -0.3 is 10.2 Å². The summed E-state index contributed by atoms with van der Waals surface area (Å²) < 4.78 is 5.74. The van der Waals surface area contributed by atoms with Gasteiger partial charge in [-0.25, -0.2) is 4.98 Å². The minimum atomic E-state index is -0.347. The SMILES string of the molecule is CCCc1nc(-c2ccc(Cl)cc2)c(CCC(N)=O)o1. The molecular weight excluding hydrogens is 276 g/mol. The standard InChI is InChI=1S/C15H17ClN2O2/c1-2-3-14-18-15(10-4-6-11(16)7-5-10)12(20-14)8-9-13(17)19/h4-7H,2-3,8-9H2,1H3,(H2,17,19). The lowest BCUT2D eigenvalue weighted by atomic mass is 10.1. The molecule has 1 aromatic carbocycles. The second-order valence-corrected chi connectivity index (χ2v) is 5.04. The highest BCUT2D eigenvalue weighted by Crippen LogP contribution is 2.27. The van der Waals surface area contributed by atoms with Crippen LogP contribution >= 0.6 is 11.6 Å².